The molecule has 0 bridgehead atoms. The Hall–Kier alpha value is -1.95. The van der Waals surface area contributed by atoms with E-state index in [1.54, 1.807) is 23.3 Å². The zero-order valence-corrected chi connectivity index (χ0v) is 13.2. The molecule has 2 rings (SSSR count). The number of thioether (sulfide) groups is 1. The van der Waals surface area contributed by atoms with Gasteiger partial charge >= 0.3 is 5.97 Å². The summed E-state index contributed by atoms with van der Waals surface area (Å²) in [5.41, 5.74) is 7.18. The van der Waals surface area contributed by atoms with Gasteiger partial charge in [-0.1, -0.05) is 6.92 Å². The van der Waals surface area contributed by atoms with Crippen LogP contribution in [0.4, 0.5) is 5.82 Å². The van der Waals surface area contributed by atoms with E-state index in [0.717, 1.165) is 11.5 Å². The van der Waals surface area contributed by atoms with Gasteiger partial charge in [0.15, 0.2) is 5.69 Å². The Kier molecular flexibility index (Phi) is 4.90. The average Bonchev–Trinajstić information content (AvgIpc) is 2.84. The van der Waals surface area contributed by atoms with Gasteiger partial charge in [0.05, 0.1) is 6.61 Å². The predicted octanol–water partition coefficient (Wildman–Crippen LogP) is 2.92. The maximum atomic E-state index is 11.9. The number of nitrogens with two attached hydrogens (primary N) is 1. The summed E-state index contributed by atoms with van der Waals surface area (Å²) in [7, 11) is 0. The number of ether oxygens (including phenoxy) is 1. The van der Waals surface area contributed by atoms with Gasteiger partial charge in [-0.3, -0.25) is 4.57 Å². The number of anilines is 1. The summed E-state index contributed by atoms with van der Waals surface area (Å²) in [5.74, 6) is 0.582. The number of hydrogen-bond donors (Lipinski definition) is 1. The average molecular weight is 305 g/mol. The van der Waals surface area contributed by atoms with Crippen LogP contribution in [0.2, 0.25) is 0 Å². The quantitative estimate of drug-likeness (QED) is 0.679. The van der Waals surface area contributed by atoms with Gasteiger partial charge in [-0.2, -0.15) is 0 Å². The van der Waals surface area contributed by atoms with E-state index in [1.165, 1.54) is 4.90 Å². The number of carbonyl (C=O) groups excluding carboxylic acids is 1. The van der Waals surface area contributed by atoms with Crippen LogP contribution >= 0.6 is 11.8 Å². The summed E-state index contributed by atoms with van der Waals surface area (Å²) < 4.78 is 6.80. The molecule has 1 aromatic heterocycles. The topological polar surface area (TPSA) is 70.1 Å². The van der Waals surface area contributed by atoms with Crippen LogP contribution in [-0.2, 0) is 11.2 Å². The standard InChI is InChI=1S/C15H19N3O2S/c1-4-12-17-13(15(19)20-5-2)14(16)18(12)10-6-8-11(21-3)9-7-10/h6-9H,4-5,16H2,1-3H3. The van der Waals surface area contributed by atoms with Gasteiger partial charge in [0.25, 0.3) is 0 Å². The first-order chi connectivity index (χ1) is 10.1. The van der Waals surface area contributed by atoms with Crippen LogP contribution in [-0.4, -0.2) is 28.4 Å². The summed E-state index contributed by atoms with van der Waals surface area (Å²) in [6, 6.07) is 7.97. The fourth-order valence-corrected chi connectivity index (χ4v) is 2.50. The molecule has 2 N–H and O–H groups in total. The number of hydrogen-bond acceptors (Lipinski definition) is 5. The van der Waals surface area contributed by atoms with Crippen molar-refractivity contribution in [1.82, 2.24) is 9.55 Å². The van der Waals surface area contributed by atoms with Crippen LogP contribution in [0.5, 0.6) is 0 Å². The number of benzene rings is 1. The van der Waals surface area contributed by atoms with Gasteiger partial charge in [-0.05, 0) is 37.4 Å². The molecule has 0 amide bonds. The Labute approximate surface area is 128 Å². The maximum absolute atomic E-state index is 11.9. The van der Waals surface area contributed by atoms with Crippen LogP contribution in [0.3, 0.4) is 0 Å². The first-order valence-electron chi connectivity index (χ1n) is 6.81. The van der Waals surface area contributed by atoms with Gasteiger partial charge in [0, 0.05) is 17.0 Å². The van der Waals surface area contributed by atoms with Crippen molar-refractivity contribution in [3.63, 3.8) is 0 Å². The molecule has 21 heavy (non-hydrogen) atoms. The molecule has 0 saturated carbocycles. The minimum Gasteiger partial charge on any atom is -0.461 e. The van der Waals surface area contributed by atoms with Gasteiger partial charge < -0.3 is 10.5 Å². The molecular formula is C15H19N3O2S. The van der Waals surface area contributed by atoms with Gasteiger partial charge in [0.2, 0.25) is 0 Å². The van der Waals surface area contributed by atoms with E-state index in [-0.39, 0.29) is 5.69 Å². The molecule has 0 aliphatic heterocycles. The molecule has 1 heterocycles. The largest absolute Gasteiger partial charge is 0.461 e. The maximum Gasteiger partial charge on any atom is 0.360 e. The number of aromatic nitrogens is 2. The number of nitrogens with zero attached hydrogens (tertiary/aromatic N) is 2. The lowest BCUT2D eigenvalue weighted by molar-refractivity contribution is 0.0521. The molecule has 0 spiro atoms. The van der Waals surface area contributed by atoms with Crippen molar-refractivity contribution in [3.8, 4) is 5.69 Å². The first-order valence-corrected chi connectivity index (χ1v) is 8.03. The highest BCUT2D eigenvalue weighted by Crippen LogP contribution is 2.24. The fourth-order valence-electron chi connectivity index (χ4n) is 2.09. The molecule has 0 fully saturated rings. The zero-order valence-electron chi connectivity index (χ0n) is 12.4. The van der Waals surface area contributed by atoms with Crippen molar-refractivity contribution in [2.24, 2.45) is 0 Å². The van der Waals surface area contributed by atoms with Crippen molar-refractivity contribution >= 4 is 23.5 Å². The van der Waals surface area contributed by atoms with E-state index >= 15 is 0 Å². The molecule has 0 aliphatic carbocycles. The van der Waals surface area contributed by atoms with E-state index in [9.17, 15) is 4.79 Å². The van der Waals surface area contributed by atoms with Crippen LogP contribution in [0.25, 0.3) is 5.69 Å². The first kappa shape index (κ1) is 15.4. The minimum atomic E-state index is -0.482. The second-order valence-corrected chi connectivity index (χ2v) is 5.25. The summed E-state index contributed by atoms with van der Waals surface area (Å²) in [4.78, 5) is 17.4. The molecule has 5 nitrogen and oxygen atoms in total. The third kappa shape index (κ3) is 3.05. The monoisotopic (exact) mass is 305 g/mol. The Bertz CT molecular complexity index is 635. The Morgan fingerprint density at radius 3 is 2.52 bits per heavy atom. The molecule has 0 unspecified atom stereocenters. The highest BCUT2D eigenvalue weighted by Gasteiger charge is 2.21. The van der Waals surface area contributed by atoms with Crippen LogP contribution in [0.15, 0.2) is 29.2 Å². The number of imidazole rings is 1. The molecule has 6 heteroatoms. The third-order valence-corrected chi connectivity index (χ3v) is 3.84. The minimum absolute atomic E-state index is 0.183. The fraction of sp³-hybridized carbons (Fsp3) is 0.333. The van der Waals surface area contributed by atoms with E-state index in [4.69, 9.17) is 10.5 Å². The number of rotatable bonds is 5. The van der Waals surface area contributed by atoms with Crippen molar-refractivity contribution in [2.75, 3.05) is 18.6 Å². The second-order valence-electron chi connectivity index (χ2n) is 4.37. The van der Waals surface area contributed by atoms with Crippen molar-refractivity contribution in [3.05, 3.63) is 35.8 Å². The number of nitrogen functional groups attached to an aromatic ring is 1. The molecule has 0 saturated heterocycles. The van der Waals surface area contributed by atoms with E-state index in [1.807, 2.05) is 37.4 Å². The van der Waals surface area contributed by atoms with Gasteiger partial charge in [-0.25, -0.2) is 9.78 Å². The molecular weight excluding hydrogens is 286 g/mol. The molecule has 0 atom stereocenters. The zero-order chi connectivity index (χ0) is 15.4. The lowest BCUT2D eigenvalue weighted by Crippen LogP contribution is -2.09. The molecule has 0 radical (unpaired) electrons. The van der Waals surface area contributed by atoms with Crippen LogP contribution in [0.1, 0.15) is 30.2 Å². The highest BCUT2D eigenvalue weighted by molar-refractivity contribution is 7.98. The molecule has 112 valence electrons. The Morgan fingerprint density at radius 2 is 2.00 bits per heavy atom. The van der Waals surface area contributed by atoms with Crippen LogP contribution in [0, 0.1) is 0 Å². The van der Waals surface area contributed by atoms with Crippen LogP contribution < -0.4 is 5.73 Å². The lowest BCUT2D eigenvalue weighted by Gasteiger charge is -2.09. The van der Waals surface area contributed by atoms with Gasteiger partial charge in [-0.15, -0.1) is 11.8 Å². The van der Waals surface area contributed by atoms with Gasteiger partial charge in [0.1, 0.15) is 11.6 Å². The summed E-state index contributed by atoms with van der Waals surface area (Å²) in [6.07, 6.45) is 2.70. The number of carbonyl (C=O) groups is 1. The van der Waals surface area contributed by atoms with E-state index in [0.29, 0.717) is 18.8 Å². The normalized spacial score (nSPS) is 10.6. The Balaban J connectivity index is 2.48. The highest BCUT2D eigenvalue weighted by atomic mass is 32.2. The van der Waals surface area contributed by atoms with E-state index < -0.39 is 5.97 Å². The van der Waals surface area contributed by atoms with Crippen molar-refractivity contribution < 1.29 is 9.53 Å². The smallest absolute Gasteiger partial charge is 0.360 e. The molecule has 2 aromatic rings. The van der Waals surface area contributed by atoms with Crippen molar-refractivity contribution in [2.45, 2.75) is 25.2 Å². The Morgan fingerprint density at radius 1 is 1.33 bits per heavy atom. The van der Waals surface area contributed by atoms with Crippen molar-refractivity contribution in [1.29, 1.82) is 0 Å². The molecule has 0 aliphatic rings. The predicted molar refractivity (Wildman–Crippen MR) is 85.1 cm³/mol. The SMILES string of the molecule is CCOC(=O)c1nc(CC)n(-c2ccc(SC)cc2)c1N. The third-order valence-electron chi connectivity index (χ3n) is 3.10. The number of esters is 1. The second kappa shape index (κ2) is 6.67. The summed E-state index contributed by atoms with van der Waals surface area (Å²) in [5, 5.41) is 0. The van der Waals surface area contributed by atoms with E-state index in [2.05, 4.69) is 4.98 Å². The lowest BCUT2D eigenvalue weighted by atomic mass is 10.3. The summed E-state index contributed by atoms with van der Waals surface area (Å²) in [6.45, 7) is 4.03. The summed E-state index contributed by atoms with van der Waals surface area (Å²) >= 11 is 1.67. The number of aryl methyl sites for hydroxylation is 1. The molecule has 1 aromatic carbocycles.